The van der Waals surface area contributed by atoms with Gasteiger partial charge in [0.1, 0.15) is 18.1 Å². The number of thiol groups is 1. The molecule has 0 saturated carbocycles. The molecule has 1 aliphatic rings. The van der Waals surface area contributed by atoms with E-state index < -0.39 is 53.8 Å². The SMILES string of the molecule is CC(C)C(NC(=O)C(CS)NC(=O)C1CCCN1C(=O)C(N)CCC(N)=O)C(=O)O. The van der Waals surface area contributed by atoms with Crippen LogP contribution in [0.1, 0.15) is 39.5 Å². The Kier molecular flexibility index (Phi) is 10.1. The number of nitrogens with zero attached hydrogens (tertiary/aromatic N) is 1. The Morgan fingerprint density at radius 2 is 1.83 bits per heavy atom. The zero-order valence-corrected chi connectivity index (χ0v) is 18.1. The summed E-state index contributed by atoms with van der Waals surface area (Å²) in [5.41, 5.74) is 10.9. The van der Waals surface area contributed by atoms with Gasteiger partial charge in [0.15, 0.2) is 0 Å². The van der Waals surface area contributed by atoms with E-state index in [9.17, 15) is 29.1 Å². The molecule has 170 valence electrons. The van der Waals surface area contributed by atoms with Crippen molar-refractivity contribution in [3.8, 4) is 0 Å². The van der Waals surface area contributed by atoms with Crippen molar-refractivity contribution in [1.29, 1.82) is 0 Å². The van der Waals surface area contributed by atoms with Crippen molar-refractivity contribution < 1.29 is 29.1 Å². The molecule has 4 atom stereocenters. The van der Waals surface area contributed by atoms with Gasteiger partial charge in [0.2, 0.25) is 23.6 Å². The lowest BCUT2D eigenvalue weighted by molar-refractivity contribution is -0.144. The number of amides is 4. The minimum absolute atomic E-state index is 0.0416. The number of carboxylic acid groups (broad SMARTS) is 1. The molecule has 0 aromatic carbocycles. The Balaban J connectivity index is 2.77. The van der Waals surface area contributed by atoms with Gasteiger partial charge in [-0.25, -0.2) is 4.79 Å². The molecule has 1 fully saturated rings. The fourth-order valence-corrected chi connectivity index (χ4v) is 3.42. The van der Waals surface area contributed by atoms with Crippen LogP contribution in [0, 0.1) is 5.92 Å². The van der Waals surface area contributed by atoms with Crippen molar-refractivity contribution in [2.24, 2.45) is 17.4 Å². The van der Waals surface area contributed by atoms with Crippen LogP contribution in [0.15, 0.2) is 0 Å². The van der Waals surface area contributed by atoms with Crippen LogP contribution in [0.2, 0.25) is 0 Å². The third-order valence-corrected chi connectivity index (χ3v) is 5.27. The van der Waals surface area contributed by atoms with E-state index in [0.717, 1.165) is 0 Å². The third kappa shape index (κ3) is 7.17. The van der Waals surface area contributed by atoms with Gasteiger partial charge < -0.3 is 32.1 Å². The molecule has 1 rings (SSSR count). The summed E-state index contributed by atoms with van der Waals surface area (Å²) in [6.07, 6.45) is 1.01. The number of nitrogens with two attached hydrogens (primary N) is 2. The highest BCUT2D eigenvalue weighted by molar-refractivity contribution is 7.80. The fourth-order valence-electron chi connectivity index (χ4n) is 3.17. The maximum atomic E-state index is 12.7. The van der Waals surface area contributed by atoms with Crippen molar-refractivity contribution in [3.63, 3.8) is 0 Å². The van der Waals surface area contributed by atoms with E-state index in [-0.39, 0.29) is 24.5 Å². The van der Waals surface area contributed by atoms with Crippen molar-refractivity contribution in [1.82, 2.24) is 15.5 Å². The van der Waals surface area contributed by atoms with Crippen LogP contribution in [-0.4, -0.2) is 76.1 Å². The second-order valence-corrected chi connectivity index (χ2v) is 7.98. The molecule has 1 saturated heterocycles. The van der Waals surface area contributed by atoms with Crippen LogP contribution in [0.3, 0.4) is 0 Å². The van der Waals surface area contributed by atoms with Crippen LogP contribution < -0.4 is 22.1 Å². The largest absolute Gasteiger partial charge is 0.480 e. The Bertz CT molecular complexity index is 673. The predicted octanol–water partition coefficient (Wildman–Crippen LogP) is -1.79. The van der Waals surface area contributed by atoms with Crippen molar-refractivity contribution in [2.45, 2.75) is 63.7 Å². The van der Waals surface area contributed by atoms with Gasteiger partial charge >= 0.3 is 5.97 Å². The molecule has 0 spiro atoms. The van der Waals surface area contributed by atoms with Crippen molar-refractivity contribution in [3.05, 3.63) is 0 Å². The van der Waals surface area contributed by atoms with Crippen molar-refractivity contribution >= 4 is 42.2 Å². The molecule has 1 aliphatic heterocycles. The van der Waals surface area contributed by atoms with E-state index in [0.29, 0.717) is 19.4 Å². The Morgan fingerprint density at radius 1 is 1.20 bits per heavy atom. The van der Waals surface area contributed by atoms with E-state index in [1.807, 2.05) is 0 Å². The summed E-state index contributed by atoms with van der Waals surface area (Å²) in [5.74, 6) is -3.85. The van der Waals surface area contributed by atoms with Crippen molar-refractivity contribution in [2.75, 3.05) is 12.3 Å². The summed E-state index contributed by atoms with van der Waals surface area (Å²) < 4.78 is 0. The van der Waals surface area contributed by atoms with Gasteiger partial charge in [0.25, 0.3) is 0 Å². The molecule has 7 N–H and O–H groups in total. The lowest BCUT2D eigenvalue weighted by Crippen LogP contribution is -2.57. The first-order valence-corrected chi connectivity index (χ1v) is 10.4. The predicted molar refractivity (Wildman–Crippen MR) is 111 cm³/mol. The highest BCUT2D eigenvalue weighted by atomic mass is 32.1. The smallest absolute Gasteiger partial charge is 0.326 e. The number of carbonyl (C=O) groups excluding carboxylic acids is 4. The summed E-state index contributed by atoms with van der Waals surface area (Å²) in [6.45, 7) is 3.63. The van der Waals surface area contributed by atoms with Crippen LogP contribution in [0.5, 0.6) is 0 Å². The molecule has 4 unspecified atom stereocenters. The molecular formula is C18H31N5O6S. The van der Waals surface area contributed by atoms with Gasteiger partial charge in [-0.1, -0.05) is 13.8 Å². The quantitative estimate of drug-likeness (QED) is 0.203. The molecule has 0 radical (unpaired) electrons. The highest BCUT2D eigenvalue weighted by Crippen LogP contribution is 2.19. The molecule has 0 aliphatic carbocycles. The molecule has 11 nitrogen and oxygen atoms in total. The fraction of sp³-hybridized carbons (Fsp3) is 0.722. The average molecular weight is 446 g/mol. The van der Waals surface area contributed by atoms with Crippen LogP contribution in [0.4, 0.5) is 0 Å². The summed E-state index contributed by atoms with van der Waals surface area (Å²) in [4.78, 5) is 61.2. The first-order chi connectivity index (χ1) is 14.0. The Hall–Kier alpha value is -2.34. The van der Waals surface area contributed by atoms with Gasteiger partial charge in [-0.2, -0.15) is 12.6 Å². The number of rotatable bonds is 11. The van der Waals surface area contributed by atoms with Crippen LogP contribution in [0.25, 0.3) is 0 Å². The zero-order chi connectivity index (χ0) is 23.0. The number of nitrogens with one attached hydrogen (secondary N) is 2. The summed E-state index contributed by atoms with van der Waals surface area (Å²) >= 11 is 4.07. The molecule has 4 amide bonds. The van der Waals surface area contributed by atoms with E-state index in [2.05, 4.69) is 23.3 Å². The molecule has 0 aromatic heterocycles. The average Bonchev–Trinajstić information content (AvgIpc) is 3.16. The minimum atomic E-state index is -1.18. The molecular weight excluding hydrogens is 414 g/mol. The lowest BCUT2D eigenvalue weighted by atomic mass is 10.0. The number of likely N-dealkylation sites (tertiary alicyclic amines) is 1. The maximum Gasteiger partial charge on any atom is 0.326 e. The topological polar surface area (TPSA) is 185 Å². The molecule has 1 heterocycles. The molecule has 12 heteroatoms. The van der Waals surface area contributed by atoms with Crippen LogP contribution in [-0.2, 0) is 24.0 Å². The second-order valence-electron chi connectivity index (χ2n) is 7.61. The first kappa shape index (κ1) is 25.7. The molecule has 0 aromatic rings. The standard InChI is InChI=1S/C18H31N5O6S/c1-9(2)14(18(28)29)22-15(25)11(8-30)21-16(26)12-4-3-7-23(12)17(27)10(19)5-6-13(20)24/h9-12,14,30H,3-8,19H2,1-2H3,(H2,20,24)(H,21,26)(H,22,25)(H,28,29). The Morgan fingerprint density at radius 3 is 2.33 bits per heavy atom. The van der Waals surface area contributed by atoms with E-state index in [4.69, 9.17) is 11.5 Å². The second kappa shape index (κ2) is 11.7. The van der Waals surface area contributed by atoms with Gasteiger partial charge in [-0.3, -0.25) is 19.2 Å². The van der Waals surface area contributed by atoms with E-state index in [1.165, 1.54) is 4.90 Å². The Labute approximate surface area is 180 Å². The normalized spacial score (nSPS) is 19.1. The van der Waals surface area contributed by atoms with Crippen LogP contribution >= 0.6 is 12.6 Å². The maximum absolute atomic E-state index is 12.7. The number of hydrogen-bond acceptors (Lipinski definition) is 7. The van der Waals surface area contributed by atoms with Gasteiger partial charge in [0, 0.05) is 18.7 Å². The summed E-state index contributed by atoms with van der Waals surface area (Å²) in [5, 5.41) is 14.2. The third-order valence-electron chi connectivity index (χ3n) is 4.90. The van der Waals surface area contributed by atoms with Gasteiger partial charge in [-0.05, 0) is 25.2 Å². The zero-order valence-electron chi connectivity index (χ0n) is 17.2. The lowest BCUT2D eigenvalue weighted by Gasteiger charge is -2.28. The number of hydrogen-bond donors (Lipinski definition) is 6. The van der Waals surface area contributed by atoms with E-state index in [1.54, 1.807) is 13.8 Å². The number of aliphatic carboxylic acids is 1. The van der Waals surface area contributed by atoms with Gasteiger partial charge in [0.05, 0.1) is 6.04 Å². The van der Waals surface area contributed by atoms with Gasteiger partial charge in [-0.15, -0.1) is 0 Å². The minimum Gasteiger partial charge on any atom is -0.480 e. The van der Waals surface area contributed by atoms with E-state index >= 15 is 0 Å². The monoisotopic (exact) mass is 445 g/mol. The number of carboxylic acids is 1. The molecule has 0 bridgehead atoms. The number of primary amides is 1. The summed E-state index contributed by atoms with van der Waals surface area (Å²) in [6, 6.07) is -3.95. The highest BCUT2D eigenvalue weighted by Gasteiger charge is 2.37. The summed E-state index contributed by atoms with van der Waals surface area (Å²) in [7, 11) is 0. The number of carbonyl (C=O) groups is 5. The molecule has 30 heavy (non-hydrogen) atoms. The first-order valence-electron chi connectivity index (χ1n) is 9.78.